The molecular formula is C14H19N3O. The quantitative estimate of drug-likeness (QED) is 0.884. The maximum absolute atomic E-state index is 5.84. The average Bonchev–Trinajstić information content (AvgIpc) is 2.57. The molecule has 0 radical (unpaired) electrons. The maximum atomic E-state index is 5.84. The summed E-state index contributed by atoms with van der Waals surface area (Å²) >= 11 is 0. The van der Waals surface area contributed by atoms with Gasteiger partial charge in [0.05, 0.1) is 6.20 Å². The smallest absolute Gasteiger partial charge is 0.261 e. The Kier molecular flexibility index (Phi) is 3.03. The maximum Gasteiger partial charge on any atom is 0.261 e. The van der Waals surface area contributed by atoms with Crippen molar-refractivity contribution in [2.45, 2.75) is 26.2 Å². The van der Waals surface area contributed by atoms with Crippen LogP contribution in [0.15, 0.2) is 30.5 Å². The minimum Gasteiger partial charge on any atom is -0.436 e. The van der Waals surface area contributed by atoms with Crippen LogP contribution in [0.25, 0.3) is 0 Å². The molecule has 1 heterocycles. The predicted molar refractivity (Wildman–Crippen MR) is 72.8 cm³/mol. The number of anilines is 1. The van der Waals surface area contributed by atoms with Crippen molar-refractivity contribution in [3.05, 3.63) is 36.0 Å². The van der Waals surface area contributed by atoms with Crippen molar-refractivity contribution in [1.82, 2.24) is 9.78 Å². The van der Waals surface area contributed by atoms with Gasteiger partial charge in [-0.05, 0) is 11.5 Å². The number of nitrogens with two attached hydrogens (primary N) is 1. The highest BCUT2D eigenvalue weighted by atomic mass is 16.5. The average molecular weight is 245 g/mol. The molecule has 1 aromatic heterocycles. The van der Waals surface area contributed by atoms with Crippen LogP contribution < -0.4 is 10.5 Å². The second-order valence-electron chi connectivity index (χ2n) is 5.41. The van der Waals surface area contributed by atoms with Crippen LogP contribution in [0.5, 0.6) is 11.6 Å². The van der Waals surface area contributed by atoms with E-state index in [9.17, 15) is 0 Å². The molecule has 0 spiro atoms. The Balaban J connectivity index is 2.38. The summed E-state index contributed by atoms with van der Waals surface area (Å²) in [6.07, 6.45) is 1.73. The first kappa shape index (κ1) is 12.5. The first-order valence-electron chi connectivity index (χ1n) is 5.94. The molecule has 0 saturated heterocycles. The first-order valence-corrected chi connectivity index (χ1v) is 5.94. The zero-order valence-corrected chi connectivity index (χ0v) is 11.3. The summed E-state index contributed by atoms with van der Waals surface area (Å²) in [7, 11) is 1.82. The molecule has 2 aromatic rings. The van der Waals surface area contributed by atoms with E-state index >= 15 is 0 Å². The Morgan fingerprint density at radius 3 is 2.44 bits per heavy atom. The summed E-state index contributed by atoms with van der Waals surface area (Å²) < 4.78 is 7.47. The molecule has 0 saturated carbocycles. The molecule has 0 unspecified atom stereocenters. The van der Waals surface area contributed by atoms with Gasteiger partial charge in [0, 0.05) is 12.6 Å². The van der Waals surface area contributed by atoms with Gasteiger partial charge in [-0.3, -0.25) is 4.68 Å². The number of aryl methyl sites for hydroxylation is 1. The van der Waals surface area contributed by atoms with Gasteiger partial charge in [0.25, 0.3) is 5.88 Å². The van der Waals surface area contributed by atoms with E-state index in [4.69, 9.17) is 10.5 Å². The highest BCUT2D eigenvalue weighted by molar-refractivity contribution is 5.49. The van der Waals surface area contributed by atoms with Gasteiger partial charge in [0.1, 0.15) is 11.4 Å². The van der Waals surface area contributed by atoms with E-state index in [-0.39, 0.29) is 5.41 Å². The minimum absolute atomic E-state index is 0.0140. The molecule has 2 rings (SSSR count). The fourth-order valence-electron chi connectivity index (χ4n) is 1.85. The highest BCUT2D eigenvalue weighted by Gasteiger charge is 2.19. The van der Waals surface area contributed by atoms with Crippen LogP contribution in [0, 0.1) is 0 Å². The molecular weight excluding hydrogens is 226 g/mol. The van der Waals surface area contributed by atoms with Gasteiger partial charge in [-0.2, -0.15) is 0 Å². The number of nitrogen functional groups attached to an aromatic ring is 1. The van der Waals surface area contributed by atoms with Crippen LogP contribution in [-0.4, -0.2) is 9.78 Å². The number of hydrogen-bond donors (Lipinski definition) is 1. The highest BCUT2D eigenvalue weighted by Crippen LogP contribution is 2.34. The first-order chi connectivity index (χ1) is 8.38. The number of hydrogen-bond acceptors (Lipinski definition) is 3. The lowest BCUT2D eigenvalue weighted by Gasteiger charge is -2.22. The Morgan fingerprint density at radius 2 is 1.89 bits per heavy atom. The van der Waals surface area contributed by atoms with Crippen molar-refractivity contribution >= 4 is 5.69 Å². The summed E-state index contributed by atoms with van der Waals surface area (Å²) in [5.41, 5.74) is 7.53. The standard InChI is InChI=1S/C14H19N3O/c1-14(2,3)10-7-5-6-8-12(10)18-13-11(15)9-17(4)16-13/h5-9H,15H2,1-4H3. The number of benzene rings is 1. The molecule has 0 aliphatic rings. The Morgan fingerprint density at radius 1 is 1.22 bits per heavy atom. The molecule has 0 fully saturated rings. The summed E-state index contributed by atoms with van der Waals surface area (Å²) in [6, 6.07) is 7.96. The molecule has 1 aromatic carbocycles. The fourth-order valence-corrected chi connectivity index (χ4v) is 1.85. The van der Waals surface area contributed by atoms with Gasteiger partial charge in [-0.25, -0.2) is 0 Å². The van der Waals surface area contributed by atoms with Gasteiger partial charge in [0.15, 0.2) is 0 Å². The lowest BCUT2D eigenvalue weighted by Crippen LogP contribution is -2.12. The normalized spacial score (nSPS) is 11.6. The molecule has 4 nitrogen and oxygen atoms in total. The van der Waals surface area contributed by atoms with Gasteiger partial charge < -0.3 is 10.5 Å². The number of rotatable bonds is 2. The van der Waals surface area contributed by atoms with Crippen LogP contribution in [0.2, 0.25) is 0 Å². The zero-order chi connectivity index (χ0) is 13.3. The number of aromatic nitrogens is 2. The topological polar surface area (TPSA) is 53.1 Å². The molecule has 2 N–H and O–H groups in total. The second-order valence-corrected chi connectivity index (χ2v) is 5.41. The van der Waals surface area contributed by atoms with Crippen LogP contribution >= 0.6 is 0 Å². The summed E-state index contributed by atoms with van der Waals surface area (Å²) in [6.45, 7) is 6.45. The summed E-state index contributed by atoms with van der Waals surface area (Å²) in [4.78, 5) is 0. The van der Waals surface area contributed by atoms with E-state index in [1.54, 1.807) is 10.9 Å². The molecule has 0 bridgehead atoms. The van der Waals surface area contributed by atoms with Gasteiger partial charge in [0.2, 0.25) is 0 Å². The third kappa shape index (κ3) is 2.47. The van der Waals surface area contributed by atoms with E-state index in [1.165, 1.54) is 0 Å². The SMILES string of the molecule is Cn1cc(N)c(Oc2ccccc2C(C)(C)C)n1. The van der Waals surface area contributed by atoms with E-state index in [2.05, 4.69) is 31.9 Å². The minimum atomic E-state index is 0.0140. The van der Waals surface area contributed by atoms with Crippen molar-refractivity contribution in [2.24, 2.45) is 7.05 Å². The zero-order valence-electron chi connectivity index (χ0n) is 11.3. The molecule has 4 heteroatoms. The van der Waals surface area contributed by atoms with Crippen molar-refractivity contribution in [2.75, 3.05) is 5.73 Å². The monoisotopic (exact) mass is 245 g/mol. The third-order valence-electron chi connectivity index (χ3n) is 2.72. The number of para-hydroxylation sites is 1. The Labute approximate surface area is 107 Å². The van der Waals surface area contributed by atoms with Crippen molar-refractivity contribution in [3.8, 4) is 11.6 Å². The number of nitrogens with zero attached hydrogens (tertiary/aromatic N) is 2. The molecule has 0 amide bonds. The second kappa shape index (κ2) is 4.37. The largest absolute Gasteiger partial charge is 0.436 e. The molecule has 96 valence electrons. The van der Waals surface area contributed by atoms with E-state index in [0.717, 1.165) is 11.3 Å². The van der Waals surface area contributed by atoms with Gasteiger partial charge >= 0.3 is 0 Å². The van der Waals surface area contributed by atoms with E-state index < -0.39 is 0 Å². The van der Waals surface area contributed by atoms with Crippen molar-refractivity contribution < 1.29 is 4.74 Å². The lowest BCUT2D eigenvalue weighted by molar-refractivity contribution is 0.435. The summed E-state index contributed by atoms with van der Waals surface area (Å²) in [5.74, 6) is 1.25. The van der Waals surface area contributed by atoms with Crippen molar-refractivity contribution in [1.29, 1.82) is 0 Å². The third-order valence-corrected chi connectivity index (χ3v) is 2.72. The van der Waals surface area contributed by atoms with Crippen LogP contribution in [0.3, 0.4) is 0 Å². The lowest BCUT2D eigenvalue weighted by atomic mass is 9.86. The number of ether oxygens (including phenoxy) is 1. The molecule has 0 aliphatic heterocycles. The molecule has 18 heavy (non-hydrogen) atoms. The van der Waals surface area contributed by atoms with Crippen LogP contribution in [0.4, 0.5) is 5.69 Å². The molecule has 0 aliphatic carbocycles. The van der Waals surface area contributed by atoms with Crippen LogP contribution in [0.1, 0.15) is 26.3 Å². The van der Waals surface area contributed by atoms with E-state index in [0.29, 0.717) is 11.6 Å². The Hall–Kier alpha value is -1.97. The predicted octanol–water partition coefficient (Wildman–Crippen LogP) is 3.09. The molecule has 0 atom stereocenters. The van der Waals surface area contributed by atoms with Gasteiger partial charge in [-0.15, -0.1) is 5.10 Å². The van der Waals surface area contributed by atoms with E-state index in [1.807, 2.05) is 25.2 Å². The van der Waals surface area contributed by atoms with Crippen LogP contribution in [-0.2, 0) is 12.5 Å². The van der Waals surface area contributed by atoms with Gasteiger partial charge in [-0.1, -0.05) is 39.0 Å². The fraction of sp³-hybridized carbons (Fsp3) is 0.357. The summed E-state index contributed by atoms with van der Waals surface area (Å²) in [5, 5.41) is 4.20. The Bertz CT molecular complexity index is 552. The van der Waals surface area contributed by atoms with Crippen molar-refractivity contribution in [3.63, 3.8) is 0 Å².